The molecule has 1 fully saturated rings. The van der Waals surface area contributed by atoms with Crippen molar-refractivity contribution in [2.24, 2.45) is 0 Å². The number of anilines is 1. The minimum absolute atomic E-state index is 0.809. The summed E-state index contributed by atoms with van der Waals surface area (Å²) in [6.07, 6.45) is 0. The van der Waals surface area contributed by atoms with E-state index < -0.39 is 0 Å². The highest BCUT2D eigenvalue weighted by atomic mass is 15.4. The molecular formula is C7H13N5. The topological polar surface area (TPSA) is 56.8 Å². The zero-order valence-electron chi connectivity index (χ0n) is 7.17. The number of H-pyrrole nitrogens is 1. The van der Waals surface area contributed by atoms with Crippen molar-refractivity contribution in [1.82, 2.24) is 20.5 Å². The molecular weight excluding hydrogens is 154 g/mol. The molecule has 5 nitrogen and oxygen atoms in total. The molecule has 0 bridgehead atoms. The van der Waals surface area contributed by atoms with Gasteiger partial charge in [-0.25, -0.2) is 5.10 Å². The summed E-state index contributed by atoms with van der Waals surface area (Å²) in [5.41, 5.74) is 0. The summed E-state index contributed by atoms with van der Waals surface area (Å²) in [4.78, 5) is 6.47. The maximum atomic E-state index is 4.27. The van der Waals surface area contributed by atoms with Crippen molar-refractivity contribution in [2.45, 2.75) is 6.92 Å². The summed E-state index contributed by atoms with van der Waals surface area (Å²) in [5, 5.41) is 10.2. The van der Waals surface area contributed by atoms with Gasteiger partial charge in [-0.15, -0.1) is 0 Å². The molecule has 1 saturated heterocycles. The van der Waals surface area contributed by atoms with Crippen molar-refractivity contribution in [2.75, 3.05) is 31.1 Å². The Morgan fingerprint density at radius 2 is 2.08 bits per heavy atom. The number of aromatic amines is 1. The summed E-state index contributed by atoms with van der Waals surface area (Å²) in [6.45, 7) is 5.96. The van der Waals surface area contributed by atoms with E-state index in [1.807, 2.05) is 6.92 Å². The molecule has 2 heterocycles. The highest BCUT2D eigenvalue weighted by Gasteiger charge is 2.12. The Labute approximate surface area is 71.2 Å². The van der Waals surface area contributed by atoms with Crippen LogP contribution in [0.25, 0.3) is 0 Å². The maximum absolute atomic E-state index is 4.27. The van der Waals surface area contributed by atoms with Crippen LogP contribution in [-0.4, -0.2) is 41.4 Å². The van der Waals surface area contributed by atoms with Gasteiger partial charge < -0.3 is 10.2 Å². The van der Waals surface area contributed by atoms with Crippen LogP contribution in [0.5, 0.6) is 0 Å². The largest absolute Gasteiger partial charge is 0.339 e. The van der Waals surface area contributed by atoms with Crippen LogP contribution >= 0.6 is 0 Å². The first kappa shape index (κ1) is 7.54. The zero-order valence-corrected chi connectivity index (χ0v) is 7.17. The quantitative estimate of drug-likeness (QED) is 0.593. The molecule has 0 spiro atoms. The van der Waals surface area contributed by atoms with E-state index in [1.165, 1.54) is 0 Å². The van der Waals surface area contributed by atoms with Crippen molar-refractivity contribution in [1.29, 1.82) is 0 Å². The van der Waals surface area contributed by atoms with Crippen molar-refractivity contribution in [3.05, 3.63) is 5.82 Å². The fraction of sp³-hybridized carbons (Fsp3) is 0.714. The normalized spacial score (nSPS) is 18.2. The van der Waals surface area contributed by atoms with Crippen LogP contribution < -0.4 is 10.2 Å². The van der Waals surface area contributed by atoms with Crippen LogP contribution in [0, 0.1) is 6.92 Å². The number of aryl methyl sites for hydroxylation is 1. The van der Waals surface area contributed by atoms with Crippen molar-refractivity contribution >= 4 is 5.95 Å². The first-order valence-electron chi connectivity index (χ1n) is 4.21. The monoisotopic (exact) mass is 167 g/mol. The fourth-order valence-electron chi connectivity index (χ4n) is 1.35. The van der Waals surface area contributed by atoms with Crippen molar-refractivity contribution in [3.63, 3.8) is 0 Å². The molecule has 2 rings (SSSR count). The first-order chi connectivity index (χ1) is 5.86. The third kappa shape index (κ3) is 1.40. The Balaban J connectivity index is 2.08. The summed E-state index contributed by atoms with van der Waals surface area (Å²) in [6, 6.07) is 0. The van der Waals surface area contributed by atoms with Gasteiger partial charge in [-0.2, -0.15) is 10.1 Å². The molecule has 66 valence electrons. The van der Waals surface area contributed by atoms with Crippen LogP contribution in [-0.2, 0) is 0 Å². The zero-order chi connectivity index (χ0) is 8.39. The minimum Gasteiger partial charge on any atom is -0.339 e. The second-order valence-electron chi connectivity index (χ2n) is 2.94. The molecule has 0 aromatic carbocycles. The molecule has 0 amide bonds. The Morgan fingerprint density at radius 1 is 1.33 bits per heavy atom. The van der Waals surface area contributed by atoms with Gasteiger partial charge in [-0.1, -0.05) is 0 Å². The lowest BCUT2D eigenvalue weighted by Gasteiger charge is -2.26. The maximum Gasteiger partial charge on any atom is 0.221 e. The highest BCUT2D eigenvalue weighted by Crippen LogP contribution is 2.06. The lowest BCUT2D eigenvalue weighted by Crippen LogP contribution is -2.44. The molecule has 0 unspecified atom stereocenters. The smallest absolute Gasteiger partial charge is 0.221 e. The Kier molecular flexibility index (Phi) is 1.95. The van der Waals surface area contributed by atoms with Crippen LogP contribution in [0.15, 0.2) is 0 Å². The third-order valence-electron chi connectivity index (χ3n) is 2.00. The molecule has 1 aliphatic rings. The van der Waals surface area contributed by atoms with Crippen molar-refractivity contribution in [3.8, 4) is 0 Å². The Morgan fingerprint density at radius 3 is 2.67 bits per heavy atom. The van der Waals surface area contributed by atoms with Gasteiger partial charge >= 0.3 is 0 Å². The van der Waals surface area contributed by atoms with E-state index in [2.05, 4.69) is 25.4 Å². The number of nitrogens with zero attached hydrogens (tertiary/aromatic N) is 3. The summed E-state index contributed by atoms with van der Waals surface area (Å²) < 4.78 is 0. The molecule has 1 aromatic heterocycles. The van der Waals surface area contributed by atoms with Crippen LogP contribution in [0.1, 0.15) is 5.82 Å². The van der Waals surface area contributed by atoms with Gasteiger partial charge in [0.05, 0.1) is 0 Å². The number of rotatable bonds is 1. The van der Waals surface area contributed by atoms with Gasteiger partial charge in [0.15, 0.2) is 0 Å². The van der Waals surface area contributed by atoms with Gasteiger partial charge in [-0.05, 0) is 6.92 Å². The molecule has 0 aliphatic carbocycles. The van der Waals surface area contributed by atoms with Gasteiger partial charge in [-0.3, -0.25) is 0 Å². The summed E-state index contributed by atoms with van der Waals surface area (Å²) in [5.74, 6) is 1.71. The predicted octanol–water partition coefficient (Wildman–Crippen LogP) is -0.477. The number of hydrogen-bond donors (Lipinski definition) is 2. The number of aromatic nitrogens is 3. The van der Waals surface area contributed by atoms with E-state index in [-0.39, 0.29) is 0 Å². The van der Waals surface area contributed by atoms with E-state index in [0.29, 0.717) is 0 Å². The number of hydrogen-bond acceptors (Lipinski definition) is 4. The summed E-state index contributed by atoms with van der Waals surface area (Å²) in [7, 11) is 0. The van der Waals surface area contributed by atoms with Crippen LogP contribution in [0.4, 0.5) is 5.95 Å². The Bertz CT molecular complexity index is 250. The van der Waals surface area contributed by atoms with Crippen LogP contribution in [0.2, 0.25) is 0 Å². The second-order valence-corrected chi connectivity index (χ2v) is 2.94. The molecule has 0 atom stereocenters. The summed E-state index contributed by atoms with van der Waals surface area (Å²) >= 11 is 0. The average Bonchev–Trinajstić information content (AvgIpc) is 2.54. The van der Waals surface area contributed by atoms with E-state index in [4.69, 9.17) is 0 Å². The van der Waals surface area contributed by atoms with E-state index in [1.54, 1.807) is 0 Å². The minimum atomic E-state index is 0.809. The van der Waals surface area contributed by atoms with Gasteiger partial charge in [0, 0.05) is 26.2 Å². The van der Waals surface area contributed by atoms with Gasteiger partial charge in [0.1, 0.15) is 5.82 Å². The SMILES string of the molecule is Cc1n[nH]c(N2CCNCC2)n1. The lowest BCUT2D eigenvalue weighted by molar-refractivity contribution is 0.580. The highest BCUT2D eigenvalue weighted by molar-refractivity contribution is 5.29. The van der Waals surface area contributed by atoms with E-state index in [9.17, 15) is 0 Å². The molecule has 1 aromatic rings. The van der Waals surface area contributed by atoms with Gasteiger partial charge in [0.25, 0.3) is 0 Å². The Hall–Kier alpha value is -1.10. The van der Waals surface area contributed by atoms with E-state index in [0.717, 1.165) is 38.0 Å². The second kappa shape index (κ2) is 3.10. The standard InChI is InChI=1S/C7H13N5/c1-6-9-7(11-10-6)12-4-2-8-3-5-12/h8H,2-5H2,1H3,(H,9,10,11). The fourth-order valence-corrected chi connectivity index (χ4v) is 1.35. The lowest BCUT2D eigenvalue weighted by atomic mass is 10.4. The average molecular weight is 167 g/mol. The number of nitrogens with one attached hydrogen (secondary N) is 2. The molecule has 0 radical (unpaired) electrons. The number of piperazine rings is 1. The molecule has 0 saturated carbocycles. The molecule has 2 N–H and O–H groups in total. The predicted molar refractivity (Wildman–Crippen MR) is 46.2 cm³/mol. The van der Waals surface area contributed by atoms with Gasteiger partial charge in [0.2, 0.25) is 5.95 Å². The third-order valence-corrected chi connectivity index (χ3v) is 2.00. The molecule has 5 heteroatoms. The molecule has 12 heavy (non-hydrogen) atoms. The first-order valence-corrected chi connectivity index (χ1v) is 4.21. The molecule has 1 aliphatic heterocycles. The van der Waals surface area contributed by atoms with E-state index >= 15 is 0 Å². The van der Waals surface area contributed by atoms with Crippen LogP contribution in [0.3, 0.4) is 0 Å². The van der Waals surface area contributed by atoms with Crippen molar-refractivity contribution < 1.29 is 0 Å².